The zero-order chi connectivity index (χ0) is 26.3. The van der Waals surface area contributed by atoms with E-state index >= 15 is 0 Å². The number of aliphatic hydroxyl groups is 1. The van der Waals surface area contributed by atoms with Gasteiger partial charge in [0.25, 0.3) is 11.6 Å². The lowest BCUT2D eigenvalue weighted by Gasteiger charge is -2.38. The predicted octanol–water partition coefficient (Wildman–Crippen LogP) is 2.10. The van der Waals surface area contributed by atoms with Crippen molar-refractivity contribution in [3.05, 3.63) is 40.3 Å². The van der Waals surface area contributed by atoms with Crippen LogP contribution < -0.4 is 10.6 Å². The number of nitrogens with zero attached hydrogens (tertiary/aromatic N) is 2. The van der Waals surface area contributed by atoms with Gasteiger partial charge in [0.15, 0.2) is 5.76 Å². The maximum Gasteiger partial charge on any atom is 0.287 e. The third-order valence-corrected chi connectivity index (χ3v) is 5.63. The summed E-state index contributed by atoms with van der Waals surface area (Å²) in [6.45, 7) is 8.86. The molecule has 36 heavy (non-hydrogen) atoms. The molecule has 0 bridgehead atoms. The van der Waals surface area contributed by atoms with Crippen LogP contribution >= 0.6 is 0 Å². The zero-order valence-electron chi connectivity index (χ0n) is 21.2. The van der Waals surface area contributed by atoms with Crippen molar-refractivity contribution in [2.24, 2.45) is 17.8 Å². The molecule has 0 radical (unpaired) electrons. The van der Waals surface area contributed by atoms with Gasteiger partial charge in [0.1, 0.15) is 12.0 Å². The van der Waals surface area contributed by atoms with E-state index in [0.29, 0.717) is 58.4 Å². The third kappa shape index (κ3) is 9.69. The smallest absolute Gasteiger partial charge is 0.287 e. The minimum Gasteiger partial charge on any atom is -0.459 e. The van der Waals surface area contributed by atoms with Gasteiger partial charge in [-0.3, -0.25) is 14.9 Å². The first-order valence-corrected chi connectivity index (χ1v) is 12.3. The SMILES string of the molecule is CCO[C@@H]1OC(C(=O)NCCNc2ccc([N+](=O)[O-])cn2)=C[C@H](C(C)C)[C@@H]1CCOCCOCCO. The summed E-state index contributed by atoms with van der Waals surface area (Å²) in [5.41, 5.74) is -0.0873. The number of carbonyl (C=O) groups is 1. The fraction of sp³-hybridized carbons (Fsp3) is 0.667. The monoisotopic (exact) mass is 510 g/mol. The lowest BCUT2D eigenvalue weighted by atomic mass is 9.79. The average molecular weight is 511 g/mol. The fourth-order valence-corrected chi connectivity index (χ4v) is 3.86. The van der Waals surface area contributed by atoms with Crippen LogP contribution in [0.3, 0.4) is 0 Å². The van der Waals surface area contributed by atoms with E-state index in [1.165, 1.54) is 18.3 Å². The molecule has 3 atom stereocenters. The highest BCUT2D eigenvalue weighted by Gasteiger charge is 2.38. The van der Waals surface area contributed by atoms with Crippen molar-refractivity contribution in [1.82, 2.24) is 10.3 Å². The van der Waals surface area contributed by atoms with Gasteiger partial charge in [-0.1, -0.05) is 13.8 Å². The quantitative estimate of drug-likeness (QED) is 0.161. The second-order valence-corrected chi connectivity index (χ2v) is 8.54. The van der Waals surface area contributed by atoms with Crippen LogP contribution in [-0.4, -0.2) is 79.9 Å². The van der Waals surface area contributed by atoms with E-state index in [0.717, 1.165) is 0 Å². The van der Waals surface area contributed by atoms with Crippen molar-refractivity contribution in [3.8, 4) is 0 Å². The number of hydrogen-bond donors (Lipinski definition) is 3. The highest BCUT2D eigenvalue weighted by Crippen LogP contribution is 2.36. The molecule has 12 heteroatoms. The summed E-state index contributed by atoms with van der Waals surface area (Å²) in [4.78, 5) is 27.0. The molecule has 0 fully saturated rings. The molecule has 1 aromatic heterocycles. The van der Waals surface area contributed by atoms with Gasteiger partial charge in [0, 0.05) is 38.3 Å². The van der Waals surface area contributed by atoms with Crippen molar-refractivity contribution in [2.45, 2.75) is 33.5 Å². The van der Waals surface area contributed by atoms with E-state index < -0.39 is 11.2 Å². The Bertz CT molecular complexity index is 834. The lowest BCUT2D eigenvalue weighted by molar-refractivity contribution is -0.385. The molecule has 1 aliphatic rings. The minimum atomic E-state index is -0.565. The van der Waals surface area contributed by atoms with Crippen molar-refractivity contribution < 1.29 is 33.8 Å². The number of aromatic nitrogens is 1. The molecular weight excluding hydrogens is 472 g/mol. The molecule has 202 valence electrons. The number of nitrogens with one attached hydrogen (secondary N) is 2. The van der Waals surface area contributed by atoms with Crippen LogP contribution in [0.1, 0.15) is 27.2 Å². The summed E-state index contributed by atoms with van der Waals surface area (Å²) in [6.07, 6.45) is 3.18. The molecule has 3 N–H and O–H groups in total. The third-order valence-electron chi connectivity index (χ3n) is 5.63. The van der Waals surface area contributed by atoms with E-state index in [-0.39, 0.29) is 41.7 Å². The van der Waals surface area contributed by atoms with Gasteiger partial charge in [0.2, 0.25) is 6.29 Å². The summed E-state index contributed by atoms with van der Waals surface area (Å²) in [6, 6.07) is 2.87. The molecule has 2 rings (SSSR count). The molecule has 0 saturated carbocycles. The number of ether oxygens (including phenoxy) is 4. The van der Waals surface area contributed by atoms with Crippen LogP contribution in [0.5, 0.6) is 0 Å². The van der Waals surface area contributed by atoms with Crippen molar-refractivity contribution in [1.29, 1.82) is 0 Å². The summed E-state index contributed by atoms with van der Waals surface area (Å²) in [5.74, 6) is 0.717. The number of pyridine rings is 1. The Labute approximate surface area is 211 Å². The first-order valence-electron chi connectivity index (χ1n) is 12.3. The molecular formula is C24H38N4O8. The Morgan fingerprint density at radius 2 is 1.97 bits per heavy atom. The van der Waals surface area contributed by atoms with Gasteiger partial charge in [-0.25, -0.2) is 4.98 Å². The molecule has 0 aromatic carbocycles. The van der Waals surface area contributed by atoms with Gasteiger partial charge in [-0.15, -0.1) is 0 Å². The topological polar surface area (TPSA) is 154 Å². The zero-order valence-corrected chi connectivity index (χ0v) is 21.2. The Kier molecular flexibility index (Phi) is 13.1. The molecule has 1 aliphatic heterocycles. The van der Waals surface area contributed by atoms with E-state index in [9.17, 15) is 14.9 Å². The molecule has 1 aromatic rings. The van der Waals surface area contributed by atoms with Crippen LogP contribution in [0, 0.1) is 27.9 Å². The number of hydrogen-bond acceptors (Lipinski definition) is 10. The molecule has 0 spiro atoms. The largest absolute Gasteiger partial charge is 0.459 e. The maximum absolute atomic E-state index is 12.8. The number of carbonyl (C=O) groups excluding carboxylic acids is 1. The van der Waals surface area contributed by atoms with Crippen LogP contribution in [0.25, 0.3) is 0 Å². The Balaban J connectivity index is 1.88. The minimum absolute atomic E-state index is 0.0126. The highest BCUT2D eigenvalue weighted by molar-refractivity contribution is 5.91. The number of amides is 1. The summed E-state index contributed by atoms with van der Waals surface area (Å²) in [5, 5.41) is 25.3. The van der Waals surface area contributed by atoms with E-state index in [1.807, 2.05) is 13.0 Å². The molecule has 0 aliphatic carbocycles. The molecule has 0 unspecified atom stereocenters. The van der Waals surface area contributed by atoms with Gasteiger partial charge < -0.3 is 34.7 Å². The summed E-state index contributed by atoms with van der Waals surface area (Å²) < 4.78 is 22.7. The number of anilines is 1. The Morgan fingerprint density at radius 1 is 1.22 bits per heavy atom. The summed E-state index contributed by atoms with van der Waals surface area (Å²) >= 11 is 0. The predicted molar refractivity (Wildman–Crippen MR) is 132 cm³/mol. The van der Waals surface area contributed by atoms with Crippen LogP contribution in [0.4, 0.5) is 11.5 Å². The van der Waals surface area contributed by atoms with Gasteiger partial charge >= 0.3 is 0 Å². The fourth-order valence-electron chi connectivity index (χ4n) is 3.86. The van der Waals surface area contributed by atoms with Crippen LogP contribution in [-0.2, 0) is 23.7 Å². The van der Waals surface area contributed by atoms with Crippen LogP contribution in [0.15, 0.2) is 30.2 Å². The molecule has 2 heterocycles. The number of nitro groups is 1. The Morgan fingerprint density at radius 3 is 2.58 bits per heavy atom. The average Bonchev–Trinajstić information content (AvgIpc) is 2.86. The van der Waals surface area contributed by atoms with Crippen molar-refractivity contribution in [3.63, 3.8) is 0 Å². The number of allylic oxidation sites excluding steroid dienone is 1. The number of rotatable bonds is 17. The molecule has 0 saturated heterocycles. The highest BCUT2D eigenvalue weighted by atomic mass is 16.7. The first kappa shape index (κ1) is 29.4. The molecule has 1 amide bonds. The lowest BCUT2D eigenvalue weighted by Crippen LogP contribution is -2.42. The standard InChI is InChI=1S/C24H38N4O8/c1-4-35-24-19(7-11-33-13-14-34-12-10-29)20(17(2)3)15-21(36-24)23(30)26-9-8-25-22-6-5-18(16-27-22)28(31)32/h5-6,15-17,19-20,24,29H,4,7-14H2,1-3H3,(H,25,27)(H,26,30)/t19-,20+,24+/m0/s1. The first-order chi connectivity index (χ1) is 17.4. The summed E-state index contributed by atoms with van der Waals surface area (Å²) in [7, 11) is 0. The van der Waals surface area contributed by atoms with Gasteiger partial charge in [0.05, 0.1) is 31.4 Å². The van der Waals surface area contributed by atoms with Crippen molar-refractivity contribution >= 4 is 17.4 Å². The number of aliphatic hydroxyl groups excluding tert-OH is 1. The van der Waals surface area contributed by atoms with E-state index in [1.54, 1.807) is 0 Å². The van der Waals surface area contributed by atoms with Crippen LogP contribution in [0.2, 0.25) is 0 Å². The van der Waals surface area contributed by atoms with E-state index in [2.05, 4.69) is 29.5 Å². The Hall–Kier alpha value is -2.80. The second-order valence-electron chi connectivity index (χ2n) is 8.54. The normalized spacial score (nSPS) is 19.5. The van der Waals surface area contributed by atoms with Crippen molar-refractivity contribution in [2.75, 3.05) is 58.0 Å². The maximum atomic E-state index is 12.8. The second kappa shape index (κ2) is 16.0. The van der Waals surface area contributed by atoms with Gasteiger partial charge in [-0.05, 0) is 37.3 Å². The molecule has 12 nitrogen and oxygen atoms in total. The van der Waals surface area contributed by atoms with E-state index in [4.69, 9.17) is 24.1 Å². The van der Waals surface area contributed by atoms with Gasteiger partial charge in [-0.2, -0.15) is 0 Å².